The van der Waals surface area contributed by atoms with E-state index in [-0.39, 0.29) is 16.7 Å². The SMILES string of the molecule is Cc1cc([N+](=O)[O-])ccc1-c1ccc(/C=C2\NC(=S)NC2=O)o1. The van der Waals surface area contributed by atoms with Crippen LogP contribution < -0.4 is 10.6 Å². The van der Waals surface area contributed by atoms with Crippen molar-refractivity contribution in [2.75, 3.05) is 0 Å². The predicted octanol–water partition coefficient (Wildman–Crippen LogP) is 2.51. The van der Waals surface area contributed by atoms with E-state index in [2.05, 4.69) is 10.6 Å². The van der Waals surface area contributed by atoms with Crippen molar-refractivity contribution in [1.82, 2.24) is 10.6 Å². The molecule has 23 heavy (non-hydrogen) atoms. The first kappa shape index (κ1) is 14.9. The Bertz CT molecular complexity index is 869. The highest BCUT2D eigenvalue weighted by atomic mass is 32.1. The number of carbonyl (C=O) groups is 1. The molecule has 2 aromatic rings. The molecule has 0 radical (unpaired) electrons. The van der Waals surface area contributed by atoms with Crippen LogP contribution in [0.25, 0.3) is 17.4 Å². The maximum Gasteiger partial charge on any atom is 0.274 e. The summed E-state index contributed by atoms with van der Waals surface area (Å²) >= 11 is 4.85. The Balaban J connectivity index is 1.91. The molecule has 0 bridgehead atoms. The average Bonchev–Trinajstić information content (AvgIpc) is 3.06. The number of carbonyl (C=O) groups excluding carboxylic acids is 1. The molecule has 1 fully saturated rings. The van der Waals surface area contributed by atoms with E-state index in [1.807, 2.05) is 0 Å². The number of non-ortho nitro benzene ring substituents is 1. The minimum atomic E-state index is -0.442. The molecule has 0 unspecified atom stereocenters. The summed E-state index contributed by atoms with van der Waals surface area (Å²) in [4.78, 5) is 21.9. The molecule has 8 heteroatoms. The fourth-order valence-corrected chi connectivity index (χ4v) is 2.44. The van der Waals surface area contributed by atoms with Crippen LogP contribution in [0.4, 0.5) is 5.69 Å². The van der Waals surface area contributed by atoms with E-state index >= 15 is 0 Å². The number of aryl methyl sites for hydroxylation is 1. The van der Waals surface area contributed by atoms with Crippen LogP contribution in [0.1, 0.15) is 11.3 Å². The molecular formula is C15H11N3O4S. The van der Waals surface area contributed by atoms with E-state index < -0.39 is 4.92 Å². The average molecular weight is 329 g/mol. The van der Waals surface area contributed by atoms with Crippen LogP contribution >= 0.6 is 12.2 Å². The van der Waals surface area contributed by atoms with Crippen molar-refractivity contribution in [2.24, 2.45) is 0 Å². The Morgan fingerprint density at radius 2 is 2.04 bits per heavy atom. The molecule has 0 spiro atoms. The van der Waals surface area contributed by atoms with E-state index in [1.165, 1.54) is 12.1 Å². The van der Waals surface area contributed by atoms with Crippen molar-refractivity contribution in [3.05, 3.63) is 57.5 Å². The van der Waals surface area contributed by atoms with Crippen LogP contribution in [-0.4, -0.2) is 15.9 Å². The number of nitro benzene ring substituents is 1. The minimum absolute atomic E-state index is 0.0282. The summed E-state index contributed by atoms with van der Waals surface area (Å²) in [7, 11) is 0. The van der Waals surface area contributed by atoms with Gasteiger partial charge in [-0.15, -0.1) is 0 Å². The fourth-order valence-electron chi connectivity index (χ4n) is 2.24. The highest BCUT2D eigenvalue weighted by molar-refractivity contribution is 7.80. The van der Waals surface area contributed by atoms with Gasteiger partial charge in [0.15, 0.2) is 5.11 Å². The number of furan rings is 1. The second-order valence-electron chi connectivity index (χ2n) is 4.92. The minimum Gasteiger partial charge on any atom is -0.457 e. The van der Waals surface area contributed by atoms with Crippen molar-refractivity contribution in [1.29, 1.82) is 0 Å². The zero-order valence-electron chi connectivity index (χ0n) is 12.0. The normalized spacial score (nSPS) is 15.6. The van der Waals surface area contributed by atoms with Gasteiger partial charge in [-0.1, -0.05) is 0 Å². The van der Waals surface area contributed by atoms with Crippen LogP contribution in [0.5, 0.6) is 0 Å². The standard InChI is InChI=1S/C15H11N3O4S/c1-8-6-9(18(20)21)2-4-11(8)13-5-3-10(22-13)7-12-14(19)17-15(23)16-12/h2-7H,1H3,(H2,16,17,19,23)/b12-7-. The Kier molecular flexibility index (Phi) is 3.67. The number of amides is 1. The quantitative estimate of drug-likeness (QED) is 0.389. The number of rotatable bonds is 3. The van der Waals surface area contributed by atoms with Crippen molar-refractivity contribution >= 4 is 35.0 Å². The van der Waals surface area contributed by atoms with Gasteiger partial charge in [0.1, 0.15) is 17.2 Å². The Morgan fingerprint density at radius 1 is 1.26 bits per heavy atom. The zero-order valence-corrected chi connectivity index (χ0v) is 12.8. The van der Waals surface area contributed by atoms with E-state index in [9.17, 15) is 14.9 Å². The topological polar surface area (TPSA) is 97.4 Å². The van der Waals surface area contributed by atoms with E-state index in [0.717, 1.165) is 11.1 Å². The van der Waals surface area contributed by atoms with Crippen molar-refractivity contribution in [3.8, 4) is 11.3 Å². The van der Waals surface area contributed by atoms with Gasteiger partial charge in [-0.25, -0.2) is 0 Å². The lowest BCUT2D eigenvalue weighted by atomic mass is 10.1. The Labute approximate surface area is 136 Å². The number of nitrogens with one attached hydrogen (secondary N) is 2. The maximum absolute atomic E-state index is 11.6. The van der Waals surface area contributed by atoms with E-state index in [1.54, 1.807) is 31.2 Å². The third-order valence-electron chi connectivity index (χ3n) is 3.32. The monoisotopic (exact) mass is 329 g/mol. The second kappa shape index (κ2) is 5.65. The van der Waals surface area contributed by atoms with Gasteiger partial charge in [0.2, 0.25) is 0 Å². The molecule has 116 valence electrons. The number of nitrogens with zero attached hydrogens (tertiary/aromatic N) is 1. The molecule has 2 N–H and O–H groups in total. The van der Waals surface area contributed by atoms with Crippen LogP contribution in [0.2, 0.25) is 0 Å². The molecule has 2 heterocycles. The third-order valence-corrected chi connectivity index (χ3v) is 3.52. The fraction of sp³-hybridized carbons (Fsp3) is 0.0667. The highest BCUT2D eigenvalue weighted by Crippen LogP contribution is 2.29. The highest BCUT2D eigenvalue weighted by Gasteiger charge is 2.20. The number of nitro groups is 1. The van der Waals surface area contributed by atoms with Crippen molar-refractivity contribution < 1.29 is 14.1 Å². The Hall–Kier alpha value is -3.00. The lowest BCUT2D eigenvalue weighted by molar-refractivity contribution is -0.384. The van der Waals surface area contributed by atoms with Crippen molar-refractivity contribution in [2.45, 2.75) is 6.92 Å². The summed E-state index contributed by atoms with van der Waals surface area (Å²) in [5, 5.41) is 16.2. The van der Waals surface area contributed by atoms with Gasteiger partial charge in [-0.05, 0) is 42.9 Å². The van der Waals surface area contributed by atoms with Gasteiger partial charge in [0.05, 0.1) is 4.92 Å². The molecule has 1 amide bonds. The van der Waals surface area contributed by atoms with Gasteiger partial charge < -0.3 is 9.73 Å². The Morgan fingerprint density at radius 3 is 2.65 bits per heavy atom. The summed E-state index contributed by atoms with van der Waals surface area (Å²) in [6.07, 6.45) is 1.54. The summed E-state index contributed by atoms with van der Waals surface area (Å²) in [6.45, 7) is 1.77. The molecule has 0 saturated carbocycles. The molecule has 1 aliphatic rings. The lowest BCUT2D eigenvalue weighted by Crippen LogP contribution is -2.21. The molecule has 0 aliphatic carbocycles. The van der Waals surface area contributed by atoms with E-state index in [4.69, 9.17) is 16.6 Å². The van der Waals surface area contributed by atoms with Gasteiger partial charge in [0, 0.05) is 23.8 Å². The number of hydrogen-bond donors (Lipinski definition) is 2. The zero-order chi connectivity index (χ0) is 16.6. The van der Waals surface area contributed by atoms with Crippen LogP contribution in [0.15, 0.2) is 40.4 Å². The van der Waals surface area contributed by atoms with Crippen molar-refractivity contribution in [3.63, 3.8) is 0 Å². The third kappa shape index (κ3) is 2.97. The summed E-state index contributed by atoms with van der Waals surface area (Å²) in [6, 6.07) is 8.00. The number of hydrogen-bond acceptors (Lipinski definition) is 5. The number of benzene rings is 1. The summed E-state index contributed by atoms with van der Waals surface area (Å²) in [5.41, 5.74) is 1.81. The van der Waals surface area contributed by atoms with E-state index in [0.29, 0.717) is 17.2 Å². The number of thiocarbonyl (C=S) groups is 1. The maximum atomic E-state index is 11.6. The van der Waals surface area contributed by atoms with Gasteiger partial charge in [0.25, 0.3) is 11.6 Å². The first-order chi connectivity index (χ1) is 10.9. The smallest absolute Gasteiger partial charge is 0.274 e. The molecule has 1 aromatic heterocycles. The van der Waals surface area contributed by atoms with Crippen LogP contribution in [0.3, 0.4) is 0 Å². The first-order valence-electron chi connectivity index (χ1n) is 6.63. The lowest BCUT2D eigenvalue weighted by Gasteiger charge is -2.02. The second-order valence-corrected chi connectivity index (χ2v) is 5.33. The van der Waals surface area contributed by atoms with Gasteiger partial charge >= 0.3 is 0 Å². The first-order valence-corrected chi connectivity index (χ1v) is 7.04. The molecule has 1 aromatic carbocycles. The largest absolute Gasteiger partial charge is 0.457 e. The molecule has 0 atom stereocenters. The molecule has 3 rings (SSSR count). The molecular weight excluding hydrogens is 318 g/mol. The van der Waals surface area contributed by atoms with Gasteiger partial charge in [-0.3, -0.25) is 20.2 Å². The molecule has 7 nitrogen and oxygen atoms in total. The van der Waals surface area contributed by atoms with Crippen LogP contribution in [0, 0.1) is 17.0 Å². The molecule has 1 saturated heterocycles. The summed E-state index contributed by atoms with van der Waals surface area (Å²) in [5.74, 6) is 0.713. The van der Waals surface area contributed by atoms with Crippen LogP contribution in [-0.2, 0) is 4.79 Å². The van der Waals surface area contributed by atoms with Gasteiger partial charge in [-0.2, -0.15) is 0 Å². The predicted molar refractivity (Wildman–Crippen MR) is 87.4 cm³/mol. The summed E-state index contributed by atoms with van der Waals surface area (Å²) < 4.78 is 5.69. The molecule has 1 aliphatic heterocycles.